The van der Waals surface area contributed by atoms with Crippen LogP contribution in [-0.2, 0) is 6.42 Å². The van der Waals surface area contributed by atoms with Gasteiger partial charge < -0.3 is 9.47 Å². The van der Waals surface area contributed by atoms with Crippen LogP contribution in [0.4, 0.5) is 0 Å². The average Bonchev–Trinajstić information content (AvgIpc) is 2.38. The van der Waals surface area contributed by atoms with E-state index in [4.69, 9.17) is 14.7 Å². The molecule has 0 aromatic heterocycles. The van der Waals surface area contributed by atoms with Crippen molar-refractivity contribution in [2.24, 2.45) is 4.99 Å². The Hall–Kier alpha value is -2.02. The van der Waals surface area contributed by atoms with E-state index in [0.717, 1.165) is 30.0 Å². The summed E-state index contributed by atoms with van der Waals surface area (Å²) in [5, 5.41) is 7.07. The number of nitrogens with one attached hydrogen (secondary N) is 1. The normalized spacial score (nSPS) is 13.4. The highest BCUT2D eigenvalue weighted by Crippen LogP contribution is 2.32. The second-order valence-electron chi connectivity index (χ2n) is 3.80. The maximum Gasteiger partial charge on any atom is 0.276 e. The van der Waals surface area contributed by atoms with Crippen LogP contribution >= 0.6 is 0 Å². The van der Waals surface area contributed by atoms with Crippen LogP contribution < -0.4 is 14.7 Å². The Balaban J connectivity index is 2.50. The summed E-state index contributed by atoms with van der Waals surface area (Å²) in [6.45, 7) is 0.763. The Morgan fingerprint density at radius 3 is 2.65 bits per heavy atom. The highest BCUT2D eigenvalue weighted by atomic mass is 16.5. The van der Waals surface area contributed by atoms with Gasteiger partial charge in [0.1, 0.15) is 6.42 Å². The van der Waals surface area contributed by atoms with Crippen molar-refractivity contribution in [1.29, 1.82) is 0 Å². The van der Waals surface area contributed by atoms with E-state index in [0.29, 0.717) is 12.2 Å². The zero-order valence-corrected chi connectivity index (χ0v) is 10.0. The fourth-order valence-electron chi connectivity index (χ4n) is 2.03. The van der Waals surface area contributed by atoms with Crippen molar-refractivity contribution in [1.82, 2.24) is 0 Å². The lowest BCUT2D eigenvalue weighted by atomic mass is 9.95. The van der Waals surface area contributed by atoms with Crippen LogP contribution in [-0.4, -0.2) is 26.5 Å². The van der Waals surface area contributed by atoms with E-state index >= 15 is 0 Å². The van der Waals surface area contributed by atoms with Gasteiger partial charge in [-0.05, 0) is 24.1 Å². The molecule has 1 aromatic rings. The van der Waals surface area contributed by atoms with Crippen LogP contribution in [0.5, 0.6) is 11.5 Å². The molecule has 0 atom stereocenters. The minimum Gasteiger partial charge on any atom is -0.493 e. The highest BCUT2D eigenvalue weighted by Gasteiger charge is 2.18. The number of hydrogen-bond acceptors (Lipinski definition) is 3. The summed E-state index contributed by atoms with van der Waals surface area (Å²) in [7, 11) is 3.25. The number of methoxy groups -OCH3 is 2. The molecule has 2 rings (SSSR count). The molecule has 0 unspecified atom stereocenters. The first kappa shape index (κ1) is 11.5. The van der Waals surface area contributed by atoms with Gasteiger partial charge in [-0.15, -0.1) is 5.26 Å². The van der Waals surface area contributed by atoms with Crippen molar-refractivity contribution in [2.75, 3.05) is 20.8 Å². The molecule has 0 aliphatic carbocycles. The van der Waals surface area contributed by atoms with Gasteiger partial charge in [-0.25, -0.2) is 0 Å². The molecular formula is C13H15N2O2+. The Kier molecular flexibility index (Phi) is 3.29. The average molecular weight is 231 g/mol. The lowest BCUT2D eigenvalue weighted by Crippen LogP contribution is -2.20. The van der Waals surface area contributed by atoms with Gasteiger partial charge in [0.05, 0.1) is 19.9 Å². The number of aliphatic imine (C=N–C) groups is 1. The maximum absolute atomic E-state index is 7.07. The molecule has 1 aromatic carbocycles. The minimum atomic E-state index is 0.447. The first-order valence-electron chi connectivity index (χ1n) is 5.48. The first-order valence-corrected chi connectivity index (χ1v) is 5.48. The summed E-state index contributed by atoms with van der Waals surface area (Å²) < 4.78 is 10.6. The number of hydrogen-bond donors (Lipinski definition) is 1. The van der Waals surface area contributed by atoms with Crippen LogP contribution in [0.2, 0.25) is 0 Å². The molecule has 0 fully saturated rings. The van der Waals surface area contributed by atoms with E-state index in [9.17, 15) is 0 Å². The van der Waals surface area contributed by atoms with E-state index in [-0.39, 0.29) is 0 Å². The molecule has 1 aliphatic rings. The first-order chi connectivity index (χ1) is 8.30. The molecule has 4 nitrogen and oxygen atoms in total. The van der Waals surface area contributed by atoms with Crippen molar-refractivity contribution in [3.8, 4) is 17.6 Å². The number of rotatable bonds is 3. The maximum atomic E-state index is 7.07. The number of fused-ring (bicyclic) bond motifs is 1. The molecule has 0 saturated heterocycles. The fraction of sp³-hybridized carbons (Fsp3) is 0.385. The Bertz CT molecular complexity index is 501. The Labute approximate surface area is 100 Å². The zero-order chi connectivity index (χ0) is 12.3. The van der Waals surface area contributed by atoms with E-state index in [2.05, 4.69) is 11.1 Å². The number of nitrogens with zero attached hydrogens (tertiary/aromatic N) is 1. The number of ether oxygens (including phenoxy) is 2. The molecule has 0 saturated carbocycles. The van der Waals surface area contributed by atoms with Crippen molar-refractivity contribution >= 4 is 5.71 Å². The van der Waals surface area contributed by atoms with Crippen molar-refractivity contribution < 1.29 is 14.7 Å². The highest BCUT2D eigenvalue weighted by molar-refractivity contribution is 6.04. The largest absolute Gasteiger partial charge is 0.493 e. The summed E-state index contributed by atoms with van der Waals surface area (Å²) in [5.41, 5.74) is 3.15. The van der Waals surface area contributed by atoms with E-state index in [1.54, 1.807) is 14.2 Å². The molecule has 0 radical (unpaired) electrons. The predicted molar refractivity (Wildman–Crippen MR) is 64.1 cm³/mol. The van der Waals surface area contributed by atoms with Gasteiger partial charge in [-0.2, -0.15) is 0 Å². The molecule has 1 N–H and O–H groups in total. The van der Waals surface area contributed by atoms with Gasteiger partial charge >= 0.3 is 0 Å². The lowest BCUT2D eigenvalue weighted by molar-refractivity contribution is -0.0935. The molecule has 1 aliphatic heterocycles. The molecule has 4 heteroatoms. The lowest BCUT2D eigenvalue weighted by Gasteiger charge is -2.18. The van der Waals surface area contributed by atoms with Gasteiger partial charge in [-0.1, -0.05) is 0 Å². The second kappa shape index (κ2) is 4.88. The fourth-order valence-corrected chi connectivity index (χ4v) is 2.03. The van der Waals surface area contributed by atoms with Crippen molar-refractivity contribution in [3.05, 3.63) is 23.3 Å². The summed E-state index contributed by atoms with van der Waals surface area (Å²) in [6, 6.07) is 6.32. The van der Waals surface area contributed by atoms with Crippen LogP contribution in [0.25, 0.3) is 0 Å². The van der Waals surface area contributed by atoms with Crippen LogP contribution in [0, 0.1) is 6.07 Å². The minimum absolute atomic E-state index is 0.447. The zero-order valence-electron chi connectivity index (χ0n) is 10.0. The van der Waals surface area contributed by atoms with E-state index in [1.165, 1.54) is 5.56 Å². The van der Waals surface area contributed by atoms with Gasteiger partial charge in [0.25, 0.3) is 6.07 Å². The summed E-state index contributed by atoms with van der Waals surface area (Å²) in [4.78, 5) is 4.43. The molecule has 88 valence electrons. The summed E-state index contributed by atoms with van der Waals surface area (Å²) in [6.07, 6.45) is 1.35. The van der Waals surface area contributed by atoms with Crippen LogP contribution in [0.1, 0.15) is 17.5 Å². The van der Waals surface area contributed by atoms with Crippen LogP contribution in [0.3, 0.4) is 0 Å². The number of benzene rings is 1. The van der Waals surface area contributed by atoms with Crippen molar-refractivity contribution in [2.45, 2.75) is 12.8 Å². The third-order valence-electron chi connectivity index (χ3n) is 2.86. The second-order valence-corrected chi connectivity index (χ2v) is 3.80. The molecule has 1 heterocycles. The van der Waals surface area contributed by atoms with Crippen molar-refractivity contribution in [3.63, 3.8) is 0 Å². The molecule has 0 spiro atoms. The molecular weight excluding hydrogens is 216 g/mol. The van der Waals surface area contributed by atoms with Gasteiger partial charge in [0.2, 0.25) is 0 Å². The molecule has 17 heavy (non-hydrogen) atoms. The Morgan fingerprint density at radius 1 is 1.29 bits per heavy atom. The molecule has 0 bridgehead atoms. The monoisotopic (exact) mass is 231 g/mol. The summed E-state index contributed by atoms with van der Waals surface area (Å²) >= 11 is 0. The predicted octanol–water partition coefficient (Wildman–Crippen LogP) is 0.212. The standard InChI is InChI=1S/C13H14N2O2/c1-16-12-7-9-4-6-15-11(3-5-14)10(9)8-13(12)17-2/h7-8H,3-4,6H2,1-2H3/p+1. The van der Waals surface area contributed by atoms with Gasteiger partial charge in [0, 0.05) is 12.1 Å². The van der Waals surface area contributed by atoms with Gasteiger partial charge in [-0.3, -0.25) is 4.99 Å². The van der Waals surface area contributed by atoms with E-state index in [1.807, 2.05) is 12.1 Å². The third-order valence-corrected chi connectivity index (χ3v) is 2.86. The molecule has 0 amide bonds. The quantitative estimate of drug-likeness (QED) is 0.808. The smallest absolute Gasteiger partial charge is 0.276 e. The SMILES string of the molecule is COc1cc2c(cc1OC)C(CC#[NH+])=NCC2. The van der Waals surface area contributed by atoms with Crippen LogP contribution in [0.15, 0.2) is 17.1 Å². The Morgan fingerprint density at radius 2 is 2.00 bits per heavy atom. The third kappa shape index (κ3) is 2.09. The topological polar surface area (TPSA) is 54.6 Å². The van der Waals surface area contributed by atoms with Gasteiger partial charge in [0.15, 0.2) is 11.5 Å². The summed E-state index contributed by atoms with van der Waals surface area (Å²) in [5.74, 6) is 1.44. The van der Waals surface area contributed by atoms with E-state index < -0.39 is 0 Å².